The molecule has 0 radical (unpaired) electrons. The summed E-state index contributed by atoms with van der Waals surface area (Å²) in [7, 11) is 3.46. The number of para-hydroxylation sites is 2. The first kappa shape index (κ1) is 11.4. The zero-order chi connectivity index (χ0) is 11.4. The third-order valence-electron chi connectivity index (χ3n) is 2.14. The molecule has 0 saturated heterocycles. The summed E-state index contributed by atoms with van der Waals surface area (Å²) < 4.78 is 0. The molecule has 0 saturated carbocycles. The van der Waals surface area contributed by atoms with Crippen molar-refractivity contribution in [3.8, 4) is 0 Å². The highest BCUT2D eigenvalue weighted by atomic mass is 16.2. The lowest BCUT2D eigenvalue weighted by atomic mass is 10.2. The highest BCUT2D eigenvalue weighted by molar-refractivity contribution is 5.85. The predicted octanol–water partition coefficient (Wildman–Crippen LogP) is 1.16. The van der Waals surface area contributed by atoms with Gasteiger partial charge < -0.3 is 16.0 Å². The standard InChI is InChI=1S/C11H17N3O/c1-8(11(15)14(2)3)13-10-7-5-4-6-9(10)12/h4-8,13H,12H2,1-3H3. The van der Waals surface area contributed by atoms with Gasteiger partial charge in [-0.1, -0.05) is 12.1 Å². The van der Waals surface area contributed by atoms with Crippen molar-refractivity contribution in [2.45, 2.75) is 13.0 Å². The topological polar surface area (TPSA) is 58.4 Å². The van der Waals surface area contributed by atoms with E-state index in [1.54, 1.807) is 25.1 Å². The number of anilines is 2. The van der Waals surface area contributed by atoms with Gasteiger partial charge in [0.15, 0.2) is 0 Å². The molecule has 1 unspecified atom stereocenters. The number of benzene rings is 1. The fraction of sp³-hybridized carbons (Fsp3) is 0.364. The Hall–Kier alpha value is -1.71. The van der Waals surface area contributed by atoms with Crippen LogP contribution in [0.25, 0.3) is 0 Å². The second-order valence-corrected chi connectivity index (χ2v) is 3.69. The Labute approximate surface area is 90.1 Å². The number of carbonyl (C=O) groups excluding carboxylic acids is 1. The summed E-state index contributed by atoms with van der Waals surface area (Å²) in [4.78, 5) is 13.1. The monoisotopic (exact) mass is 207 g/mol. The molecular weight excluding hydrogens is 190 g/mol. The van der Waals surface area contributed by atoms with Crippen molar-refractivity contribution in [2.24, 2.45) is 0 Å². The van der Waals surface area contributed by atoms with Crippen LogP contribution in [0.5, 0.6) is 0 Å². The Morgan fingerprint density at radius 2 is 2.00 bits per heavy atom. The van der Waals surface area contributed by atoms with E-state index in [0.717, 1.165) is 5.69 Å². The number of nitrogens with two attached hydrogens (primary N) is 1. The molecule has 82 valence electrons. The molecular formula is C11H17N3O. The van der Waals surface area contributed by atoms with Crippen LogP contribution in [-0.2, 0) is 4.79 Å². The number of nitrogen functional groups attached to an aromatic ring is 1. The molecule has 1 rings (SSSR count). The Balaban J connectivity index is 2.71. The van der Waals surface area contributed by atoms with Gasteiger partial charge in [0.2, 0.25) is 5.91 Å². The first-order valence-electron chi connectivity index (χ1n) is 4.84. The second kappa shape index (κ2) is 4.68. The molecule has 0 spiro atoms. The van der Waals surface area contributed by atoms with Crippen molar-refractivity contribution in [1.29, 1.82) is 0 Å². The Morgan fingerprint density at radius 1 is 1.40 bits per heavy atom. The van der Waals surface area contributed by atoms with Gasteiger partial charge in [0.1, 0.15) is 6.04 Å². The molecule has 0 aromatic heterocycles. The van der Waals surface area contributed by atoms with E-state index in [9.17, 15) is 4.79 Å². The molecule has 0 fully saturated rings. The number of nitrogens with zero attached hydrogens (tertiary/aromatic N) is 1. The molecule has 1 aromatic rings. The van der Waals surface area contributed by atoms with E-state index in [1.165, 1.54) is 0 Å². The predicted molar refractivity (Wildman–Crippen MR) is 62.6 cm³/mol. The average Bonchev–Trinajstić information content (AvgIpc) is 2.20. The Kier molecular flexibility index (Phi) is 3.55. The van der Waals surface area contributed by atoms with E-state index >= 15 is 0 Å². The van der Waals surface area contributed by atoms with E-state index in [-0.39, 0.29) is 11.9 Å². The molecule has 0 bridgehead atoms. The van der Waals surface area contributed by atoms with Crippen LogP contribution >= 0.6 is 0 Å². The number of hydrogen-bond donors (Lipinski definition) is 2. The number of nitrogens with one attached hydrogen (secondary N) is 1. The molecule has 1 atom stereocenters. The maximum Gasteiger partial charge on any atom is 0.244 e. The summed E-state index contributed by atoms with van der Waals surface area (Å²) in [5.41, 5.74) is 7.20. The van der Waals surface area contributed by atoms with Gasteiger partial charge in [0.05, 0.1) is 11.4 Å². The van der Waals surface area contributed by atoms with E-state index in [1.807, 2.05) is 25.1 Å². The Bertz CT molecular complexity index is 349. The van der Waals surface area contributed by atoms with Crippen LogP contribution in [0.2, 0.25) is 0 Å². The fourth-order valence-corrected chi connectivity index (χ4v) is 1.31. The number of carbonyl (C=O) groups is 1. The van der Waals surface area contributed by atoms with E-state index in [0.29, 0.717) is 5.69 Å². The SMILES string of the molecule is CC(Nc1ccccc1N)C(=O)N(C)C. The summed E-state index contributed by atoms with van der Waals surface area (Å²) in [6.07, 6.45) is 0. The average molecular weight is 207 g/mol. The molecule has 15 heavy (non-hydrogen) atoms. The zero-order valence-electron chi connectivity index (χ0n) is 9.32. The van der Waals surface area contributed by atoms with Gasteiger partial charge in [-0.3, -0.25) is 4.79 Å². The highest BCUT2D eigenvalue weighted by Gasteiger charge is 2.14. The first-order valence-corrected chi connectivity index (χ1v) is 4.84. The zero-order valence-corrected chi connectivity index (χ0v) is 9.32. The quantitative estimate of drug-likeness (QED) is 0.731. The molecule has 4 nitrogen and oxygen atoms in total. The van der Waals surface area contributed by atoms with Crippen LogP contribution in [0.4, 0.5) is 11.4 Å². The van der Waals surface area contributed by atoms with Gasteiger partial charge in [-0.25, -0.2) is 0 Å². The summed E-state index contributed by atoms with van der Waals surface area (Å²) in [5.74, 6) is 0.0262. The van der Waals surface area contributed by atoms with Crippen molar-refractivity contribution < 1.29 is 4.79 Å². The maximum atomic E-state index is 11.6. The van der Waals surface area contributed by atoms with Crippen molar-refractivity contribution in [3.63, 3.8) is 0 Å². The lowest BCUT2D eigenvalue weighted by Gasteiger charge is -2.19. The molecule has 0 aliphatic carbocycles. The van der Waals surface area contributed by atoms with Crippen LogP contribution < -0.4 is 11.1 Å². The molecule has 3 N–H and O–H groups in total. The molecule has 1 aromatic carbocycles. The lowest BCUT2D eigenvalue weighted by molar-refractivity contribution is -0.129. The van der Waals surface area contributed by atoms with Crippen molar-refractivity contribution in [2.75, 3.05) is 25.1 Å². The van der Waals surface area contributed by atoms with Gasteiger partial charge in [-0.2, -0.15) is 0 Å². The smallest absolute Gasteiger partial charge is 0.244 e. The minimum Gasteiger partial charge on any atom is -0.397 e. The highest BCUT2D eigenvalue weighted by Crippen LogP contribution is 2.17. The third-order valence-corrected chi connectivity index (χ3v) is 2.14. The second-order valence-electron chi connectivity index (χ2n) is 3.69. The van der Waals surface area contributed by atoms with Crippen molar-refractivity contribution in [3.05, 3.63) is 24.3 Å². The van der Waals surface area contributed by atoms with Crippen LogP contribution in [0.3, 0.4) is 0 Å². The molecule has 0 aliphatic heterocycles. The molecule has 4 heteroatoms. The lowest BCUT2D eigenvalue weighted by Crippen LogP contribution is -2.36. The van der Waals surface area contributed by atoms with Crippen LogP contribution in [0.1, 0.15) is 6.92 Å². The number of hydrogen-bond acceptors (Lipinski definition) is 3. The van der Waals surface area contributed by atoms with E-state index in [2.05, 4.69) is 5.32 Å². The minimum atomic E-state index is -0.273. The van der Waals surface area contributed by atoms with Gasteiger partial charge in [-0.15, -0.1) is 0 Å². The van der Waals surface area contributed by atoms with Gasteiger partial charge >= 0.3 is 0 Å². The van der Waals surface area contributed by atoms with Crippen molar-refractivity contribution >= 4 is 17.3 Å². The van der Waals surface area contributed by atoms with Crippen LogP contribution in [-0.4, -0.2) is 30.9 Å². The minimum absolute atomic E-state index is 0.0262. The van der Waals surface area contributed by atoms with E-state index in [4.69, 9.17) is 5.73 Å². The van der Waals surface area contributed by atoms with Crippen LogP contribution in [0, 0.1) is 0 Å². The maximum absolute atomic E-state index is 11.6. The number of rotatable bonds is 3. The summed E-state index contributed by atoms with van der Waals surface area (Å²) in [5, 5.41) is 3.08. The molecule has 0 aliphatic rings. The first-order chi connectivity index (χ1) is 7.02. The van der Waals surface area contributed by atoms with Crippen LogP contribution in [0.15, 0.2) is 24.3 Å². The summed E-state index contributed by atoms with van der Waals surface area (Å²) >= 11 is 0. The van der Waals surface area contributed by atoms with Crippen molar-refractivity contribution in [1.82, 2.24) is 4.90 Å². The largest absolute Gasteiger partial charge is 0.397 e. The van der Waals surface area contributed by atoms with Gasteiger partial charge in [-0.05, 0) is 19.1 Å². The molecule has 0 heterocycles. The fourth-order valence-electron chi connectivity index (χ4n) is 1.31. The van der Waals surface area contributed by atoms with Gasteiger partial charge in [0.25, 0.3) is 0 Å². The van der Waals surface area contributed by atoms with E-state index < -0.39 is 0 Å². The number of likely N-dealkylation sites (N-methyl/N-ethyl adjacent to an activating group) is 1. The summed E-state index contributed by atoms with van der Waals surface area (Å²) in [6, 6.07) is 7.12. The van der Waals surface area contributed by atoms with Gasteiger partial charge in [0, 0.05) is 14.1 Å². The molecule has 1 amide bonds. The normalized spacial score (nSPS) is 11.9. The number of amides is 1. The third kappa shape index (κ3) is 2.87. The summed E-state index contributed by atoms with van der Waals surface area (Å²) in [6.45, 7) is 1.81. The Morgan fingerprint density at radius 3 is 2.53 bits per heavy atom.